The minimum Gasteiger partial charge on any atom is -0.496 e. The quantitative estimate of drug-likeness (QED) is 0.517. The molecule has 0 radical (unpaired) electrons. The van der Waals surface area contributed by atoms with Crippen LogP contribution in [-0.2, 0) is 21.2 Å². The molecule has 0 unspecified atom stereocenters. The van der Waals surface area contributed by atoms with Gasteiger partial charge in [0, 0.05) is 25.1 Å². The number of amides is 1. The Morgan fingerprint density at radius 3 is 2.58 bits per heavy atom. The molecule has 0 bridgehead atoms. The maximum atomic E-state index is 13.0. The van der Waals surface area contributed by atoms with Crippen molar-refractivity contribution in [3.63, 3.8) is 0 Å². The number of sulfonamides is 1. The highest BCUT2D eigenvalue weighted by Gasteiger charge is 2.26. The Kier molecular flexibility index (Phi) is 7.36. The fourth-order valence-corrected chi connectivity index (χ4v) is 6.10. The minimum absolute atomic E-state index is 0.157. The van der Waals surface area contributed by atoms with Gasteiger partial charge in [-0.3, -0.25) is 4.79 Å². The van der Waals surface area contributed by atoms with E-state index in [9.17, 15) is 13.2 Å². The fourth-order valence-electron chi connectivity index (χ4n) is 3.77. The molecule has 1 fully saturated rings. The predicted octanol–water partition coefficient (Wildman–Crippen LogP) is 3.96. The first-order valence-electron chi connectivity index (χ1n) is 10.8. The van der Waals surface area contributed by atoms with Gasteiger partial charge in [0.25, 0.3) is 0 Å². The highest BCUT2D eigenvalue weighted by atomic mass is 32.2. The zero-order valence-corrected chi connectivity index (χ0v) is 20.0. The second kappa shape index (κ2) is 10.4. The van der Waals surface area contributed by atoms with E-state index in [4.69, 9.17) is 4.74 Å². The van der Waals surface area contributed by atoms with Crippen LogP contribution in [0.25, 0.3) is 10.6 Å². The maximum absolute atomic E-state index is 13.0. The average molecular weight is 487 g/mol. The number of aryl methyl sites for hydroxylation is 1. The fraction of sp³-hybridized carbons (Fsp3) is 0.348. The third kappa shape index (κ3) is 5.58. The molecule has 8 nitrogen and oxygen atoms in total. The van der Waals surface area contributed by atoms with Gasteiger partial charge in [0.05, 0.1) is 12.0 Å². The minimum atomic E-state index is -3.56. The van der Waals surface area contributed by atoms with Gasteiger partial charge in [0.1, 0.15) is 10.8 Å². The van der Waals surface area contributed by atoms with Crippen molar-refractivity contribution < 1.29 is 17.9 Å². The van der Waals surface area contributed by atoms with E-state index < -0.39 is 10.0 Å². The van der Waals surface area contributed by atoms with Crippen molar-refractivity contribution in [3.8, 4) is 16.3 Å². The van der Waals surface area contributed by atoms with Gasteiger partial charge in [-0.25, -0.2) is 8.42 Å². The Morgan fingerprint density at radius 1 is 1.09 bits per heavy atom. The Bertz CT molecular complexity index is 1210. The SMILES string of the molecule is COc1ccc(S(=O)(=O)N2CCCCC2)cc1CCC(=O)Nc1nnc(-c2ccccc2)s1. The summed E-state index contributed by atoms with van der Waals surface area (Å²) in [6, 6.07) is 14.5. The van der Waals surface area contributed by atoms with Crippen molar-refractivity contribution in [1.29, 1.82) is 0 Å². The number of nitrogens with zero attached hydrogens (tertiary/aromatic N) is 3. The Balaban J connectivity index is 1.42. The van der Waals surface area contributed by atoms with Gasteiger partial charge in [-0.05, 0) is 43.0 Å². The van der Waals surface area contributed by atoms with E-state index in [1.54, 1.807) is 18.2 Å². The summed E-state index contributed by atoms with van der Waals surface area (Å²) in [7, 11) is -2.03. The summed E-state index contributed by atoms with van der Waals surface area (Å²) in [5, 5.41) is 12.1. The third-order valence-corrected chi connectivity index (χ3v) is 8.30. The third-order valence-electron chi connectivity index (χ3n) is 5.52. The standard InChI is InChI=1S/C23H26N4O4S2/c1-31-20-12-11-19(33(29,30)27-14-6-3-7-15-27)16-18(20)10-13-21(28)24-23-26-25-22(32-23)17-8-4-2-5-9-17/h2,4-5,8-9,11-12,16H,3,6-7,10,13-15H2,1H3,(H,24,26,28). The zero-order valence-electron chi connectivity index (χ0n) is 18.4. The van der Waals surface area contributed by atoms with Gasteiger partial charge >= 0.3 is 0 Å². The molecule has 1 aliphatic rings. The number of hydrogen-bond donors (Lipinski definition) is 1. The summed E-state index contributed by atoms with van der Waals surface area (Å²) in [4.78, 5) is 12.8. The number of hydrogen-bond acceptors (Lipinski definition) is 7. The van der Waals surface area contributed by atoms with Gasteiger partial charge in [0.15, 0.2) is 0 Å². The molecule has 0 saturated carbocycles. The lowest BCUT2D eigenvalue weighted by Crippen LogP contribution is -2.35. The molecule has 0 atom stereocenters. The molecule has 174 valence electrons. The smallest absolute Gasteiger partial charge is 0.243 e. The molecule has 1 aliphatic heterocycles. The number of rotatable bonds is 8. The van der Waals surface area contributed by atoms with Crippen molar-refractivity contribution in [1.82, 2.24) is 14.5 Å². The van der Waals surface area contributed by atoms with Crippen molar-refractivity contribution >= 4 is 32.4 Å². The van der Waals surface area contributed by atoms with Gasteiger partial charge < -0.3 is 10.1 Å². The zero-order chi connectivity index (χ0) is 23.3. The van der Waals surface area contributed by atoms with Gasteiger partial charge in [-0.1, -0.05) is 48.1 Å². The molecule has 1 amide bonds. The predicted molar refractivity (Wildman–Crippen MR) is 128 cm³/mol. The first kappa shape index (κ1) is 23.3. The van der Waals surface area contributed by atoms with Crippen LogP contribution in [0.4, 0.5) is 5.13 Å². The Hall–Kier alpha value is -2.82. The van der Waals surface area contributed by atoms with Gasteiger partial charge in [-0.2, -0.15) is 4.31 Å². The van der Waals surface area contributed by atoms with Crippen LogP contribution in [-0.4, -0.2) is 49.0 Å². The number of anilines is 1. The molecule has 0 aliphatic carbocycles. The van der Waals surface area contributed by atoms with E-state index in [0.29, 0.717) is 36.0 Å². The van der Waals surface area contributed by atoms with Gasteiger partial charge in [-0.15, -0.1) is 10.2 Å². The van der Waals surface area contributed by atoms with Crippen LogP contribution in [0.3, 0.4) is 0 Å². The highest BCUT2D eigenvalue weighted by Crippen LogP contribution is 2.28. The number of carbonyl (C=O) groups excluding carboxylic acids is 1. The van der Waals surface area contributed by atoms with Crippen LogP contribution in [0, 0.1) is 0 Å². The summed E-state index contributed by atoms with van der Waals surface area (Å²) >= 11 is 1.30. The van der Waals surface area contributed by atoms with Crippen LogP contribution in [0.15, 0.2) is 53.4 Å². The van der Waals surface area contributed by atoms with E-state index in [0.717, 1.165) is 29.8 Å². The average Bonchev–Trinajstić information content (AvgIpc) is 3.32. The van der Waals surface area contributed by atoms with Crippen LogP contribution < -0.4 is 10.1 Å². The number of methoxy groups -OCH3 is 1. The summed E-state index contributed by atoms with van der Waals surface area (Å²) in [6.07, 6.45) is 3.29. The van der Waals surface area contributed by atoms with Crippen molar-refractivity contribution in [2.75, 3.05) is 25.5 Å². The number of ether oxygens (including phenoxy) is 1. The molecule has 2 heterocycles. The lowest BCUT2D eigenvalue weighted by atomic mass is 10.1. The van der Waals surface area contributed by atoms with E-state index in [1.807, 2.05) is 30.3 Å². The second-order valence-corrected chi connectivity index (χ2v) is 10.7. The van der Waals surface area contributed by atoms with E-state index >= 15 is 0 Å². The molecule has 0 spiro atoms. The molecule has 1 saturated heterocycles. The van der Waals surface area contributed by atoms with E-state index in [1.165, 1.54) is 22.8 Å². The van der Waals surface area contributed by atoms with Crippen molar-refractivity contribution in [2.24, 2.45) is 0 Å². The summed E-state index contributed by atoms with van der Waals surface area (Å²) in [6.45, 7) is 1.08. The number of piperidine rings is 1. The molecule has 33 heavy (non-hydrogen) atoms. The first-order valence-corrected chi connectivity index (χ1v) is 13.1. The van der Waals surface area contributed by atoms with E-state index in [-0.39, 0.29) is 17.2 Å². The van der Waals surface area contributed by atoms with Crippen LogP contribution in [0.2, 0.25) is 0 Å². The van der Waals surface area contributed by atoms with Crippen LogP contribution in [0.1, 0.15) is 31.2 Å². The Morgan fingerprint density at radius 2 is 1.85 bits per heavy atom. The van der Waals surface area contributed by atoms with Crippen molar-refractivity contribution in [3.05, 3.63) is 54.1 Å². The van der Waals surface area contributed by atoms with Gasteiger partial charge in [0.2, 0.25) is 21.1 Å². The molecular weight excluding hydrogens is 460 g/mol. The molecule has 4 rings (SSSR count). The van der Waals surface area contributed by atoms with Crippen LogP contribution >= 0.6 is 11.3 Å². The first-order chi connectivity index (χ1) is 16.0. The molecule has 1 aromatic heterocycles. The number of benzene rings is 2. The topological polar surface area (TPSA) is 101 Å². The molecule has 10 heteroatoms. The molecule has 3 aromatic rings. The summed E-state index contributed by atoms with van der Waals surface area (Å²) in [5.74, 6) is 0.333. The lowest BCUT2D eigenvalue weighted by molar-refractivity contribution is -0.116. The number of nitrogens with one attached hydrogen (secondary N) is 1. The largest absolute Gasteiger partial charge is 0.496 e. The lowest BCUT2D eigenvalue weighted by Gasteiger charge is -2.26. The Labute approximate surface area is 197 Å². The second-order valence-electron chi connectivity index (χ2n) is 7.76. The monoisotopic (exact) mass is 486 g/mol. The van der Waals surface area contributed by atoms with Crippen molar-refractivity contribution in [2.45, 2.75) is 37.0 Å². The maximum Gasteiger partial charge on any atom is 0.243 e. The number of carbonyl (C=O) groups is 1. The van der Waals surface area contributed by atoms with E-state index in [2.05, 4.69) is 15.5 Å². The molecule has 1 N–H and O–H groups in total. The number of aromatic nitrogens is 2. The summed E-state index contributed by atoms with van der Waals surface area (Å²) in [5.41, 5.74) is 1.61. The normalized spacial score (nSPS) is 14.7. The molecular formula is C23H26N4O4S2. The van der Waals surface area contributed by atoms with Crippen LogP contribution in [0.5, 0.6) is 5.75 Å². The highest BCUT2D eigenvalue weighted by molar-refractivity contribution is 7.89. The summed E-state index contributed by atoms with van der Waals surface area (Å²) < 4.78 is 33.0. The molecule has 2 aromatic carbocycles.